The van der Waals surface area contributed by atoms with E-state index in [2.05, 4.69) is 10.3 Å². The SMILES string of the molecule is NCC(NC(=O)c1ccc(F)cn1)C1CC1. The molecule has 4 nitrogen and oxygen atoms in total. The average molecular weight is 223 g/mol. The van der Waals surface area contributed by atoms with Gasteiger partial charge in [0.05, 0.1) is 6.20 Å². The van der Waals surface area contributed by atoms with Crippen molar-refractivity contribution in [3.8, 4) is 0 Å². The van der Waals surface area contributed by atoms with Crippen LogP contribution in [0.2, 0.25) is 0 Å². The highest BCUT2D eigenvalue weighted by Crippen LogP contribution is 2.32. The highest BCUT2D eigenvalue weighted by Gasteiger charge is 2.31. The van der Waals surface area contributed by atoms with Crippen molar-refractivity contribution in [2.75, 3.05) is 6.54 Å². The number of pyridine rings is 1. The first-order valence-electron chi connectivity index (χ1n) is 5.33. The van der Waals surface area contributed by atoms with Crippen LogP contribution < -0.4 is 11.1 Å². The summed E-state index contributed by atoms with van der Waals surface area (Å²) in [6.07, 6.45) is 3.25. The Morgan fingerprint density at radius 2 is 2.38 bits per heavy atom. The number of hydrogen-bond donors (Lipinski definition) is 2. The van der Waals surface area contributed by atoms with E-state index in [-0.39, 0.29) is 17.6 Å². The molecule has 16 heavy (non-hydrogen) atoms. The van der Waals surface area contributed by atoms with Gasteiger partial charge in [-0.15, -0.1) is 0 Å². The zero-order valence-electron chi connectivity index (χ0n) is 8.82. The minimum Gasteiger partial charge on any atom is -0.346 e. The maximum Gasteiger partial charge on any atom is 0.270 e. The predicted molar refractivity (Wildman–Crippen MR) is 57.2 cm³/mol. The molecule has 86 valence electrons. The zero-order chi connectivity index (χ0) is 11.5. The Hall–Kier alpha value is -1.49. The lowest BCUT2D eigenvalue weighted by molar-refractivity contribution is 0.0928. The molecule has 0 spiro atoms. The van der Waals surface area contributed by atoms with Gasteiger partial charge in [0.15, 0.2) is 0 Å². The van der Waals surface area contributed by atoms with Crippen LogP contribution in [0, 0.1) is 11.7 Å². The minimum absolute atomic E-state index is 0.0133. The second-order valence-electron chi connectivity index (χ2n) is 4.01. The van der Waals surface area contributed by atoms with Crippen molar-refractivity contribution >= 4 is 5.91 Å². The Morgan fingerprint density at radius 3 is 2.88 bits per heavy atom. The molecule has 1 atom stereocenters. The second kappa shape index (κ2) is 4.57. The van der Waals surface area contributed by atoms with Crippen LogP contribution in [0.3, 0.4) is 0 Å². The molecule has 5 heteroatoms. The predicted octanol–water partition coefficient (Wildman–Crippen LogP) is 0.688. The molecule has 1 aliphatic carbocycles. The number of amides is 1. The normalized spacial score (nSPS) is 16.9. The molecule has 1 fully saturated rings. The van der Waals surface area contributed by atoms with Crippen LogP contribution in [0.15, 0.2) is 18.3 Å². The lowest BCUT2D eigenvalue weighted by Crippen LogP contribution is -2.42. The fraction of sp³-hybridized carbons (Fsp3) is 0.455. The molecule has 0 saturated heterocycles. The number of halogens is 1. The van der Waals surface area contributed by atoms with E-state index in [0.717, 1.165) is 19.0 Å². The van der Waals surface area contributed by atoms with Gasteiger partial charge in [-0.05, 0) is 30.9 Å². The molecule has 0 bridgehead atoms. The van der Waals surface area contributed by atoms with Crippen LogP contribution >= 0.6 is 0 Å². The van der Waals surface area contributed by atoms with Crippen LogP contribution in [-0.2, 0) is 0 Å². The van der Waals surface area contributed by atoms with Gasteiger partial charge in [-0.2, -0.15) is 0 Å². The van der Waals surface area contributed by atoms with Crippen molar-refractivity contribution in [1.82, 2.24) is 10.3 Å². The van der Waals surface area contributed by atoms with E-state index in [1.807, 2.05) is 0 Å². The number of rotatable bonds is 4. The Kier molecular flexibility index (Phi) is 3.14. The van der Waals surface area contributed by atoms with Crippen LogP contribution in [-0.4, -0.2) is 23.5 Å². The molecule has 3 N–H and O–H groups in total. The summed E-state index contributed by atoms with van der Waals surface area (Å²) in [5, 5.41) is 2.82. The molecule has 2 rings (SSSR count). The van der Waals surface area contributed by atoms with Gasteiger partial charge in [-0.25, -0.2) is 9.37 Å². The summed E-state index contributed by atoms with van der Waals surface area (Å²) < 4.78 is 12.6. The first-order valence-corrected chi connectivity index (χ1v) is 5.33. The first kappa shape index (κ1) is 11.0. The summed E-state index contributed by atoms with van der Waals surface area (Å²) in [6, 6.07) is 2.60. The highest BCUT2D eigenvalue weighted by molar-refractivity contribution is 5.92. The Labute approximate surface area is 93.1 Å². The molecule has 1 saturated carbocycles. The lowest BCUT2D eigenvalue weighted by atomic mass is 10.2. The first-order chi connectivity index (χ1) is 7.70. The third-order valence-electron chi connectivity index (χ3n) is 2.72. The average Bonchev–Trinajstić information content (AvgIpc) is 3.10. The number of aromatic nitrogens is 1. The van der Waals surface area contributed by atoms with Gasteiger partial charge in [0.2, 0.25) is 0 Å². The van der Waals surface area contributed by atoms with E-state index in [0.29, 0.717) is 12.5 Å². The van der Waals surface area contributed by atoms with Gasteiger partial charge >= 0.3 is 0 Å². The maximum absolute atomic E-state index is 12.6. The molecule has 1 aromatic rings. The molecular formula is C11H14FN3O. The number of nitrogens with one attached hydrogen (secondary N) is 1. The minimum atomic E-state index is -0.450. The van der Waals surface area contributed by atoms with E-state index < -0.39 is 5.82 Å². The van der Waals surface area contributed by atoms with E-state index in [4.69, 9.17) is 5.73 Å². The molecule has 1 amide bonds. The van der Waals surface area contributed by atoms with Crippen molar-refractivity contribution in [2.24, 2.45) is 11.7 Å². The fourth-order valence-electron chi connectivity index (χ4n) is 1.62. The van der Waals surface area contributed by atoms with Crippen molar-refractivity contribution in [2.45, 2.75) is 18.9 Å². The number of carbonyl (C=O) groups is 1. The standard InChI is InChI=1S/C11H14FN3O/c12-8-3-4-9(14-6-8)11(16)15-10(5-13)7-1-2-7/h3-4,6-7,10H,1-2,5,13H2,(H,15,16). The van der Waals surface area contributed by atoms with Gasteiger partial charge < -0.3 is 11.1 Å². The Bertz CT molecular complexity index is 375. The highest BCUT2D eigenvalue weighted by atomic mass is 19.1. The summed E-state index contributed by atoms with van der Waals surface area (Å²) in [4.78, 5) is 15.4. The summed E-state index contributed by atoms with van der Waals surface area (Å²) >= 11 is 0. The van der Waals surface area contributed by atoms with Crippen LogP contribution in [0.25, 0.3) is 0 Å². The summed E-state index contributed by atoms with van der Waals surface area (Å²) in [5.41, 5.74) is 5.79. The fourth-order valence-corrected chi connectivity index (χ4v) is 1.62. The number of carbonyl (C=O) groups excluding carboxylic acids is 1. The Balaban J connectivity index is 1.98. The monoisotopic (exact) mass is 223 g/mol. The molecule has 0 radical (unpaired) electrons. The zero-order valence-corrected chi connectivity index (χ0v) is 8.82. The quantitative estimate of drug-likeness (QED) is 0.789. The molecule has 0 aliphatic heterocycles. The largest absolute Gasteiger partial charge is 0.346 e. The lowest BCUT2D eigenvalue weighted by Gasteiger charge is -2.15. The van der Waals surface area contributed by atoms with Crippen LogP contribution in [0.1, 0.15) is 23.3 Å². The van der Waals surface area contributed by atoms with E-state index >= 15 is 0 Å². The summed E-state index contributed by atoms with van der Waals surface area (Å²) in [7, 11) is 0. The van der Waals surface area contributed by atoms with Gasteiger partial charge in [0.25, 0.3) is 5.91 Å². The molecular weight excluding hydrogens is 209 g/mol. The second-order valence-corrected chi connectivity index (χ2v) is 4.01. The smallest absolute Gasteiger partial charge is 0.270 e. The van der Waals surface area contributed by atoms with Gasteiger partial charge in [0.1, 0.15) is 11.5 Å². The molecule has 1 unspecified atom stereocenters. The molecule has 1 aromatic heterocycles. The molecule has 0 aromatic carbocycles. The van der Waals surface area contributed by atoms with Crippen molar-refractivity contribution in [3.63, 3.8) is 0 Å². The molecule has 1 heterocycles. The van der Waals surface area contributed by atoms with Crippen molar-refractivity contribution < 1.29 is 9.18 Å². The third-order valence-corrected chi connectivity index (χ3v) is 2.72. The van der Waals surface area contributed by atoms with Gasteiger partial charge in [-0.3, -0.25) is 4.79 Å². The van der Waals surface area contributed by atoms with E-state index in [1.54, 1.807) is 0 Å². The number of hydrogen-bond acceptors (Lipinski definition) is 3. The Morgan fingerprint density at radius 1 is 1.62 bits per heavy atom. The van der Waals surface area contributed by atoms with Crippen molar-refractivity contribution in [1.29, 1.82) is 0 Å². The maximum atomic E-state index is 12.6. The van der Waals surface area contributed by atoms with Gasteiger partial charge in [-0.1, -0.05) is 0 Å². The summed E-state index contributed by atoms with van der Waals surface area (Å²) in [6.45, 7) is 0.428. The summed E-state index contributed by atoms with van der Waals surface area (Å²) in [5.74, 6) is -0.245. The molecule has 1 aliphatic rings. The van der Waals surface area contributed by atoms with Crippen LogP contribution in [0.4, 0.5) is 4.39 Å². The van der Waals surface area contributed by atoms with Crippen molar-refractivity contribution in [3.05, 3.63) is 29.8 Å². The van der Waals surface area contributed by atoms with E-state index in [9.17, 15) is 9.18 Å². The number of nitrogens with zero attached hydrogens (tertiary/aromatic N) is 1. The number of nitrogens with two attached hydrogens (primary N) is 1. The van der Waals surface area contributed by atoms with E-state index in [1.165, 1.54) is 12.1 Å². The topological polar surface area (TPSA) is 68.0 Å². The van der Waals surface area contributed by atoms with Crippen LogP contribution in [0.5, 0.6) is 0 Å². The van der Waals surface area contributed by atoms with Gasteiger partial charge in [0, 0.05) is 12.6 Å². The third kappa shape index (κ3) is 2.55.